The molecule has 0 aliphatic heterocycles. The average molecular weight is 477 g/mol. The first-order valence-electron chi connectivity index (χ1n) is 11.8. The third-order valence-electron chi connectivity index (χ3n) is 6.71. The summed E-state index contributed by atoms with van der Waals surface area (Å²) in [7, 11) is 2.96. The van der Waals surface area contributed by atoms with Crippen molar-refractivity contribution in [1.82, 2.24) is 9.97 Å². The van der Waals surface area contributed by atoms with Gasteiger partial charge in [0.1, 0.15) is 0 Å². The van der Waals surface area contributed by atoms with Gasteiger partial charge in [0.15, 0.2) is 0 Å². The van der Waals surface area contributed by atoms with E-state index in [0.717, 1.165) is 12.6 Å². The van der Waals surface area contributed by atoms with Crippen LogP contribution in [0.4, 0.5) is 0 Å². The lowest BCUT2D eigenvalue weighted by atomic mass is 9.84. The first kappa shape index (κ1) is 24.3. The first-order valence-corrected chi connectivity index (χ1v) is 13.9. The van der Waals surface area contributed by atoms with Crippen molar-refractivity contribution in [3.8, 4) is 0 Å². The highest BCUT2D eigenvalue weighted by Gasteiger charge is 2.41. The van der Waals surface area contributed by atoms with E-state index in [4.69, 9.17) is 0 Å². The summed E-state index contributed by atoms with van der Waals surface area (Å²) >= 11 is 0. The second-order valence-corrected chi connectivity index (χ2v) is 15.9. The van der Waals surface area contributed by atoms with Gasteiger partial charge >= 0.3 is 0 Å². The summed E-state index contributed by atoms with van der Waals surface area (Å²) in [6.07, 6.45) is 24.2. The standard InChI is InChI=1S/C29H38N2P2/c1-27(2,3)33(28(4,5)6)20-23-16-22(21-10-8-7-9-11-21)17-26(23)29(32,24-12-14-30-18-24)25-13-15-31-19-25/h7-10,12-19,30-31H,11,20,32H2,1-6H3. The third kappa shape index (κ3) is 4.84. The monoisotopic (exact) mass is 476 g/mol. The van der Waals surface area contributed by atoms with E-state index in [0.29, 0.717) is 0 Å². The zero-order chi connectivity index (χ0) is 23.9. The molecule has 2 aromatic heterocycles. The van der Waals surface area contributed by atoms with E-state index in [1.807, 2.05) is 12.4 Å². The Morgan fingerprint density at radius 3 is 1.94 bits per heavy atom. The SMILES string of the molecule is CC(C)(C)P(CC1=CC(=C2C=CC=CC2)C=C1C(P)(c1cc[nH]c1)c1cc[nH]c1)C(C)(C)C. The molecule has 0 aromatic carbocycles. The molecule has 0 amide bonds. The van der Waals surface area contributed by atoms with Gasteiger partial charge in [-0.15, -0.1) is 9.24 Å². The van der Waals surface area contributed by atoms with Crippen LogP contribution < -0.4 is 0 Å². The summed E-state index contributed by atoms with van der Waals surface area (Å²) in [4.78, 5) is 6.60. The van der Waals surface area contributed by atoms with Crippen LogP contribution in [0.5, 0.6) is 0 Å². The van der Waals surface area contributed by atoms with Gasteiger partial charge in [-0.25, -0.2) is 0 Å². The summed E-state index contributed by atoms with van der Waals surface area (Å²) in [5, 5.41) is 0.238. The Bertz CT molecular complexity index is 1080. The van der Waals surface area contributed by atoms with Crippen LogP contribution in [-0.2, 0) is 5.16 Å². The maximum atomic E-state index is 3.30. The van der Waals surface area contributed by atoms with E-state index in [1.54, 1.807) is 0 Å². The lowest BCUT2D eigenvalue weighted by Crippen LogP contribution is -2.29. The Labute approximate surface area is 203 Å². The van der Waals surface area contributed by atoms with Gasteiger partial charge in [0.05, 0.1) is 5.16 Å². The molecule has 1 unspecified atom stereocenters. The molecular weight excluding hydrogens is 438 g/mol. The Hall–Kier alpha value is -1.88. The zero-order valence-electron chi connectivity index (χ0n) is 20.9. The Balaban J connectivity index is 1.89. The molecule has 1 atom stereocenters. The van der Waals surface area contributed by atoms with E-state index in [2.05, 4.69) is 122 Å². The van der Waals surface area contributed by atoms with Gasteiger partial charge in [-0.3, -0.25) is 0 Å². The number of hydrogen-bond donors (Lipinski definition) is 2. The van der Waals surface area contributed by atoms with Gasteiger partial charge in [0, 0.05) is 24.8 Å². The van der Waals surface area contributed by atoms with Crippen molar-refractivity contribution < 1.29 is 0 Å². The van der Waals surface area contributed by atoms with Gasteiger partial charge in [-0.05, 0) is 74.5 Å². The fourth-order valence-corrected chi connectivity index (χ4v) is 9.42. The minimum absolute atomic E-state index is 0.268. The van der Waals surface area contributed by atoms with Gasteiger partial charge in [-0.2, -0.15) is 0 Å². The quantitative estimate of drug-likeness (QED) is 0.408. The molecule has 2 aliphatic carbocycles. The van der Waals surface area contributed by atoms with Crippen molar-refractivity contribution in [2.75, 3.05) is 6.16 Å². The third-order valence-corrected chi connectivity index (χ3v) is 11.6. The molecule has 33 heavy (non-hydrogen) atoms. The van der Waals surface area contributed by atoms with Crippen LogP contribution in [0.25, 0.3) is 0 Å². The van der Waals surface area contributed by atoms with Gasteiger partial charge < -0.3 is 9.97 Å². The molecule has 4 rings (SSSR count). The van der Waals surface area contributed by atoms with E-state index in [9.17, 15) is 0 Å². The Kier molecular flexibility index (Phi) is 6.65. The minimum Gasteiger partial charge on any atom is -0.367 e. The van der Waals surface area contributed by atoms with Crippen molar-refractivity contribution in [3.05, 3.63) is 107 Å². The molecule has 0 saturated carbocycles. The largest absolute Gasteiger partial charge is 0.367 e. The van der Waals surface area contributed by atoms with Gasteiger partial charge in [0.25, 0.3) is 0 Å². The number of H-pyrrole nitrogens is 2. The number of aromatic nitrogens is 2. The highest BCUT2D eigenvalue weighted by molar-refractivity contribution is 7.61. The second kappa shape index (κ2) is 9.05. The summed E-state index contributed by atoms with van der Waals surface area (Å²) in [6.45, 7) is 14.5. The molecular formula is C29H38N2P2. The van der Waals surface area contributed by atoms with Crippen LogP contribution in [-0.4, -0.2) is 26.4 Å². The molecule has 2 aliphatic rings. The molecule has 0 radical (unpaired) electrons. The van der Waals surface area contributed by atoms with Crippen LogP contribution in [0.1, 0.15) is 59.1 Å². The Morgan fingerprint density at radius 1 is 0.879 bits per heavy atom. The fraction of sp³-hybridized carbons (Fsp3) is 0.379. The molecule has 0 bridgehead atoms. The van der Waals surface area contributed by atoms with Crippen molar-refractivity contribution in [3.63, 3.8) is 0 Å². The molecule has 0 saturated heterocycles. The molecule has 2 aromatic rings. The molecule has 174 valence electrons. The van der Waals surface area contributed by atoms with E-state index < -0.39 is 0 Å². The maximum absolute atomic E-state index is 3.30. The van der Waals surface area contributed by atoms with Crippen LogP contribution >= 0.6 is 17.2 Å². The van der Waals surface area contributed by atoms with Crippen molar-refractivity contribution in [2.24, 2.45) is 0 Å². The predicted molar refractivity (Wildman–Crippen MR) is 149 cm³/mol. The first-order chi connectivity index (χ1) is 15.5. The van der Waals surface area contributed by atoms with E-state index >= 15 is 0 Å². The summed E-state index contributed by atoms with van der Waals surface area (Å²) in [5.41, 5.74) is 8.18. The lowest BCUT2D eigenvalue weighted by Gasteiger charge is -2.43. The molecule has 0 spiro atoms. The summed E-state index contributed by atoms with van der Waals surface area (Å²) in [5.74, 6) is 0. The van der Waals surface area contributed by atoms with Crippen LogP contribution in [0.2, 0.25) is 0 Å². The topological polar surface area (TPSA) is 31.6 Å². The van der Waals surface area contributed by atoms with Crippen molar-refractivity contribution in [1.29, 1.82) is 0 Å². The van der Waals surface area contributed by atoms with Crippen molar-refractivity contribution >= 4 is 17.2 Å². The molecule has 2 nitrogen and oxygen atoms in total. The smallest absolute Gasteiger partial charge is 0.0623 e. The number of rotatable bonds is 5. The normalized spacial score (nSPS) is 19.4. The lowest BCUT2D eigenvalue weighted by molar-refractivity contribution is 0.706. The number of aromatic amines is 2. The number of hydrogen-bond acceptors (Lipinski definition) is 0. The maximum Gasteiger partial charge on any atom is 0.0623 e. The molecule has 0 fully saturated rings. The number of allylic oxidation sites excluding steroid dienone is 10. The fourth-order valence-electron chi connectivity index (χ4n) is 5.23. The highest BCUT2D eigenvalue weighted by atomic mass is 31.1. The number of nitrogens with one attached hydrogen (secondary N) is 2. The second-order valence-electron chi connectivity index (χ2n) is 11.1. The summed E-state index contributed by atoms with van der Waals surface area (Å²) < 4.78 is 0. The zero-order valence-corrected chi connectivity index (χ0v) is 22.9. The predicted octanol–water partition coefficient (Wildman–Crippen LogP) is 8.22. The molecule has 2 N–H and O–H groups in total. The van der Waals surface area contributed by atoms with Gasteiger partial charge in [-0.1, -0.05) is 79.8 Å². The molecule has 4 heteroatoms. The molecule has 2 heterocycles. The van der Waals surface area contributed by atoms with Crippen LogP contribution in [0.3, 0.4) is 0 Å². The van der Waals surface area contributed by atoms with Crippen LogP contribution in [0, 0.1) is 0 Å². The van der Waals surface area contributed by atoms with E-state index in [1.165, 1.54) is 33.4 Å². The van der Waals surface area contributed by atoms with Gasteiger partial charge in [0.2, 0.25) is 0 Å². The van der Waals surface area contributed by atoms with Crippen LogP contribution in [0.15, 0.2) is 95.7 Å². The van der Waals surface area contributed by atoms with E-state index in [-0.39, 0.29) is 23.4 Å². The average Bonchev–Trinajstić information content (AvgIpc) is 3.52. The Morgan fingerprint density at radius 2 is 1.48 bits per heavy atom. The summed E-state index contributed by atoms with van der Waals surface area (Å²) in [6, 6.07) is 4.42. The minimum atomic E-state index is -0.306. The highest BCUT2D eigenvalue weighted by Crippen LogP contribution is 2.62. The van der Waals surface area contributed by atoms with Crippen molar-refractivity contribution in [2.45, 2.75) is 63.4 Å².